The van der Waals surface area contributed by atoms with Crippen LogP contribution in [0, 0.1) is 0 Å². The smallest absolute Gasteiger partial charge is 0.274 e. The van der Waals surface area contributed by atoms with Crippen molar-refractivity contribution in [1.82, 2.24) is 14.6 Å². The molecule has 20 heavy (non-hydrogen) atoms. The van der Waals surface area contributed by atoms with Crippen LogP contribution in [0.3, 0.4) is 0 Å². The van der Waals surface area contributed by atoms with E-state index in [9.17, 15) is 4.79 Å². The molecule has 0 saturated carbocycles. The van der Waals surface area contributed by atoms with Gasteiger partial charge in [0.15, 0.2) is 0 Å². The Hall–Kier alpha value is -2.88. The van der Waals surface area contributed by atoms with Crippen LogP contribution in [0.25, 0.3) is 27.5 Å². The van der Waals surface area contributed by atoms with Gasteiger partial charge in [0.05, 0.1) is 18.1 Å². The summed E-state index contributed by atoms with van der Waals surface area (Å²) in [5, 5.41) is 6.45. The van der Waals surface area contributed by atoms with Crippen LogP contribution in [-0.4, -0.2) is 14.6 Å². The second-order valence-electron chi connectivity index (χ2n) is 4.72. The Morgan fingerprint density at radius 1 is 1.00 bits per heavy atom. The van der Waals surface area contributed by atoms with Crippen LogP contribution in [0.15, 0.2) is 65.7 Å². The molecule has 0 saturated heterocycles. The number of rotatable bonds is 1. The van der Waals surface area contributed by atoms with Gasteiger partial charge in [0.2, 0.25) is 0 Å². The molecule has 4 aromatic rings. The molecule has 0 atom stereocenters. The Bertz CT molecular complexity index is 982. The van der Waals surface area contributed by atoms with Gasteiger partial charge < -0.3 is 4.98 Å². The van der Waals surface area contributed by atoms with E-state index in [0.717, 1.165) is 16.6 Å². The zero-order valence-corrected chi connectivity index (χ0v) is 10.6. The number of fused-ring (bicyclic) bond motifs is 2. The highest BCUT2D eigenvalue weighted by atomic mass is 16.1. The lowest BCUT2D eigenvalue weighted by Gasteiger charge is -2.04. The number of aromatic nitrogens is 3. The molecule has 0 aliphatic heterocycles. The van der Waals surface area contributed by atoms with E-state index >= 15 is 0 Å². The molecule has 0 aliphatic carbocycles. The van der Waals surface area contributed by atoms with Crippen LogP contribution in [-0.2, 0) is 0 Å². The highest BCUT2D eigenvalue weighted by Gasteiger charge is 2.05. The SMILES string of the molecule is O=c1[nH]c(-c2ccc3ccccc3c2)cn2nccc12. The van der Waals surface area contributed by atoms with E-state index in [1.54, 1.807) is 16.8 Å². The molecule has 2 heterocycles. The topological polar surface area (TPSA) is 50.2 Å². The maximum absolute atomic E-state index is 12.0. The molecule has 0 fully saturated rings. The van der Waals surface area contributed by atoms with Crippen LogP contribution in [0.2, 0.25) is 0 Å². The Labute approximate surface area is 114 Å². The van der Waals surface area contributed by atoms with Crippen molar-refractivity contribution in [2.45, 2.75) is 0 Å². The van der Waals surface area contributed by atoms with Gasteiger partial charge in [-0.25, -0.2) is 4.52 Å². The van der Waals surface area contributed by atoms with E-state index in [1.807, 2.05) is 24.4 Å². The largest absolute Gasteiger partial charge is 0.319 e. The summed E-state index contributed by atoms with van der Waals surface area (Å²) in [6.45, 7) is 0. The second kappa shape index (κ2) is 4.06. The molecule has 0 radical (unpaired) electrons. The predicted molar refractivity (Wildman–Crippen MR) is 78.8 cm³/mol. The Balaban J connectivity index is 1.98. The monoisotopic (exact) mass is 261 g/mol. The second-order valence-corrected chi connectivity index (χ2v) is 4.72. The Morgan fingerprint density at radius 3 is 2.75 bits per heavy atom. The lowest BCUT2D eigenvalue weighted by atomic mass is 10.1. The maximum atomic E-state index is 12.0. The molecule has 4 nitrogen and oxygen atoms in total. The molecule has 4 heteroatoms. The summed E-state index contributed by atoms with van der Waals surface area (Å²) in [5.74, 6) is 0. The standard InChI is InChI=1S/C16H11N3O/c20-16-15-7-8-17-19(15)10-14(18-16)13-6-5-11-3-1-2-4-12(11)9-13/h1-10H,(H,18,20). The van der Waals surface area contributed by atoms with Crippen molar-refractivity contribution in [2.24, 2.45) is 0 Å². The van der Waals surface area contributed by atoms with Crippen molar-refractivity contribution in [3.05, 3.63) is 71.3 Å². The third-order valence-electron chi connectivity index (χ3n) is 3.46. The van der Waals surface area contributed by atoms with Gasteiger partial charge in [-0.1, -0.05) is 36.4 Å². The molecule has 0 amide bonds. The van der Waals surface area contributed by atoms with E-state index in [2.05, 4.69) is 34.3 Å². The van der Waals surface area contributed by atoms with E-state index in [-0.39, 0.29) is 5.56 Å². The maximum Gasteiger partial charge on any atom is 0.274 e. The van der Waals surface area contributed by atoms with Crippen LogP contribution in [0.1, 0.15) is 0 Å². The molecule has 0 unspecified atom stereocenters. The zero-order valence-electron chi connectivity index (χ0n) is 10.6. The van der Waals surface area contributed by atoms with Crippen LogP contribution >= 0.6 is 0 Å². The lowest BCUT2D eigenvalue weighted by molar-refractivity contribution is 0.939. The molecule has 2 aromatic carbocycles. The number of benzene rings is 2. The minimum atomic E-state index is -0.131. The van der Waals surface area contributed by atoms with Gasteiger partial charge in [-0.05, 0) is 22.9 Å². The van der Waals surface area contributed by atoms with Crippen molar-refractivity contribution < 1.29 is 0 Å². The minimum Gasteiger partial charge on any atom is -0.319 e. The van der Waals surface area contributed by atoms with Crippen molar-refractivity contribution in [2.75, 3.05) is 0 Å². The van der Waals surface area contributed by atoms with E-state index < -0.39 is 0 Å². The van der Waals surface area contributed by atoms with Crippen LogP contribution in [0.4, 0.5) is 0 Å². The molecule has 96 valence electrons. The summed E-state index contributed by atoms with van der Waals surface area (Å²) in [4.78, 5) is 14.9. The van der Waals surface area contributed by atoms with Gasteiger partial charge in [-0.3, -0.25) is 4.79 Å². The molecule has 1 N–H and O–H groups in total. The number of aromatic amines is 1. The molecule has 0 bridgehead atoms. The molecule has 2 aromatic heterocycles. The first-order chi connectivity index (χ1) is 9.81. The van der Waals surface area contributed by atoms with Gasteiger partial charge in [0.1, 0.15) is 5.52 Å². The van der Waals surface area contributed by atoms with Crippen molar-refractivity contribution in [1.29, 1.82) is 0 Å². The summed E-state index contributed by atoms with van der Waals surface area (Å²) < 4.78 is 1.60. The fourth-order valence-corrected chi connectivity index (χ4v) is 2.44. The van der Waals surface area contributed by atoms with Crippen LogP contribution < -0.4 is 5.56 Å². The van der Waals surface area contributed by atoms with Gasteiger partial charge in [0.25, 0.3) is 5.56 Å². The average molecular weight is 261 g/mol. The zero-order chi connectivity index (χ0) is 13.5. The number of nitrogens with zero attached hydrogens (tertiary/aromatic N) is 2. The Morgan fingerprint density at radius 2 is 1.85 bits per heavy atom. The number of hydrogen-bond donors (Lipinski definition) is 1. The highest BCUT2D eigenvalue weighted by Crippen LogP contribution is 2.22. The summed E-state index contributed by atoms with van der Waals surface area (Å²) in [7, 11) is 0. The first-order valence-electron chi connectivity index (χ1n) is 6.37. The predicted octanol–water partition coefficient (Wildman–Crippen LogP) is 2.84. The molecular weight excluding hydrogens is 250 g/mol. The van der Waals surface area contributed by atoms with Crippen molar-refractivity contribution in [3.8, 4) is 11.3 Å². The fourth-order valence-electron chi connectivity index (χ4n) is 2.44. The summed E-state index contributed by atoms with van der Waals surface area (Å²) in [5.41, 5.74) is 2.15. The van der Waals surface area contributed by atoms with Crippen molar-refractivity contribution >= 4 is 16.3 Å². The number of H-pyrrole nitrogens is 1. The van der Waals surface area contributed by atoms with Gasteiger partial charge in [-0.15, -0.1) is 0 Å². The molecular formula is C16H11N3O. The molecule has 0 spiro atoms. The van der Waals surface area contributed by atoms with E-state index in [1.165, 1.54) is 5.39 Å². The normalized spacial score (nSPS) is 11.2. The third kappa shape index (κ3) is 1.62. The third-order valence-corrected chi connectivity index (χ3v) is 3.46. The summed E-state index contributed by atoms with van der Waals surface area (Å²) >= 11 is 0. The number of nitrogens with one attached hydrogen (secondary N) is 1. The molecule has 4 rings (SSSR count). The number of hydrogen-bond acceptors (Lipinski definition) is 2. The van der Waals surface area contributed by atoms with E-state index in [0.29, 0.717) is 5.52 Å². The van der Waals surface area contributed by atoms with E-state index in [4.69, 9.17) is 0 Å². The average Bonchev–Trinajstić information content (AvgIpc) is 2.96. The minimum absolute atomic E-state index is 0.131. The summed E-state index contributed by atoms with van der Waals surface area (Å²) in [6.07, 6.45) is 3.45. The first-order valence-corrected chi connectivity index (χ1v) is 6.37. The van der Waals surface area contributed by atoms with Gasteiger partial charge in [-0.2, -0.15) is 5.10 Å². The van der Waals surface area contributed by atoms with Gasteiger partial charge in [0, 0.05) is 5.56 Å². The van der Waals surface area contributed by atoms with Crippen molar-refractivity contribution in [3.63, 3.8) is 0 Å². The summed E-state index contributed by atoms with van der Waals surface area (Å²) in [6, 6.07) is 16.0. The Kier molecular flexibility index (Phi) is 2.23. The quantitative estimate of drug-likeness (QED) is 0.573. The first kappa shape index (κ1) is 11.0. The highest BCUT2D eigenvalue weighted by molar-refractivity contribution is 5.86. The van der Waals surface area contributed by atoms with Gasteiger partial charge >= 0.3 is 0 Å². The molecule has 0 aliphatic rings. The van der Waals surface area contributed by atoms with Crippen LogP contribution in [0.5, 0.6) is 0 Å². The fraction of sp³-hybridized carbons (Fsp3) is 0. The lowest BCUT2D eigenvalue weighted by Crippen LogP contribution is -2.10.